The third-order valence-electron chi connectivity index (χ3n) is 6.73. The van der Waals surface area contributed by atoms with E-state index in [0.29, 0.717) is 23.1 Å². The van der Waals surface area contributed by atoms with Gasteiger partial charge in [0.15, 0.2) is 0 Å². The number of carbonyl (C=O) groups is 2. The van der Waals surface area contributed by atoms with Crippen LogP contribution in [0, 0.1) is 0 Å². The zero-order valence-corrected chi connectivity index (χ0v) is 22.7. The average molecular weight is 539 g/mol. The Hall–Kier alpha value is -4.41. The number of rotatable bonds is 9. The smallest absolute Gasteiger partial charge is 0.249 e. The van der Waals surface area contributed by atoms with Gasteiger partial charge < -0.3 is 18.8 Å². The molecule has 0 aliphatic heterocycles. The van der Waals surface area contributed by atoms with Crippen molar-refractivity contribution in [2.24, 2.45) is 0 Å². The Morgan fingerprint density at radius 2 is 1.10 bits per heavy atom. The third kappa shape index (κ3) is 4.47. The molecule has 0 saturated heterocycles. The Labute approximate surface area is 226 Å². The molecule has 39 heavy (non-hydrogen) atoms. The molecule has 0 aliphatic carbocycles. The van der Waals surface area contributed by atoms with Crippen molar-refractivity contribution in [3.05, 3.63) is 108 Å². The Morgan fingerprint density at radius 1 is 0.641 bits per heavy atom. The van der Waals surface area contributed by atoms with Crippen molar-refractivity contribution in [2.75, 3.05) is 20.8 Å². The van der Waals surface area contributed by atoms with Crippen molar-refractivity contribution in [1.82, 2.24) is 0 Å². The minimum atomic E-state index is -4.52. The molecule has 0 N–H and O–H groups in total. The van der Waals surface area contributed by atoms with Crippen molar-refractivity contribution < 1.29 is 28.4 Å². The molecule has 5 aromatic rings. The van der Waals surface area contributed by atoms with Crippen LogP contribution in [0.4, 0.5) is 0 Å². The summed E-state index contributed by atoms with van der Waals surface area (Å²) in [7, 11) is -1.63. The van der Waals surface area contributed by atoms with Crippen molar-refractivity contribution in [2.45, 2.75) is 6.92 Å². The summed E-state index contributed by atoms with van der Waals surface area (Å²) >= 11 is 0. The van der Waals surface area contributed by atoms with Gasteiger partial charge in [-0.3, -0.25) is 9.59 Å². The molecule has 5 rings (SSSR count). The highest BCUT2D eigenvalue weighted by Crippen LogP contribution is 2.55. The molecule has 0 bridgehead atoms. The minimum Gasteiger partial charge on any atom is -0.496 e. The highest BCUT2D eigenvalue weighted by molar-refractivity contribution is 8.01. The lowest BCUT2D eigenvalue weighted by Gasteiger charge is -2.21. The van der Waals surface area contributed by atoms with E-state index >= 15 is 4.57 Å². The Morgan fingerprint density at radius 3 is 1.54 bits per heavy atom. The van der Waals surface area contributed by atoms with E-state index in [9.17, 15) is 9.59 Å². The molecule has 0 amide bonds. The molecule has 0 fully saturated rings. The highest BCUT2D eigenvalue weighted by Gasteiger charge is 2.46. The van der Waals surface area contributed by atoms with Crippen molar-refractivity contribution in [3.63, 3.8) is 0 Å². The molecule has 0 aliphatic rings. The molecular weight excluding hydrogens is 511 g/mol. The van der Waals surface area contributed by atoms with Gasteiger partial charge in [0.1, 0.15) is 17.2 Å². The van der Waals surface area contributed by atoms with Crippen molar-refractivity contribution in [3.8, 4) is 17.2 Å². The third-order valence-corrected chi connectivity index (χ3v) is 9.35. The first-order valence-electron chi connectivity index (χ1n) is 12.5. The summed E-state index contributed by atoms with van der Waals surface area (Å²) < 4.78 is 31.9. The summed E-state index contributed by atoms with van der Waals surface area (Å²) in [6.45, 7) is 2.29. The number of methoxy groups -OCH3 is 2. The van der Waals surface area contributed by atoms with Crippen LogP contribution < -0.4 is 19.5 Å². The molecule has 5 aromatic carbocycles. The summed E-state index contributed by atoms with van der Waals surface area (Å²) in [4.78, 5) is 29.2. The Bertz CT molecular complexity index is 1650. The van der Waals surface area contributed by atoms with Crippen molar-refractivity contribution in [1.29, 1.82) is 0 Å². The lowest BCUT2D eigenvalue weighted by molar-refractivity contribution is 0.104. The molecule has 0 heterocycles. The van der Waals surface area contributed by atoms with Gasteiger partial charge in [-0.15, -0.1) is 0 Å². The molecule has 0 saturated carbocycles. The Balaban J connectivity index is 1.82. The van der Waals surface area contributed by atoms with Gasteiger partial charge in [-0.1, -0.05) is 60.7 Å². The predicted octanol–water partition coefficient (Wildman–Crippen LogP) is 7.08. The molecule has 0 aromatic heterocycles. The first kappa shape index (κ1) is 26.2. The standard InChI is InChI=1S/C32H27O6P/c1-4-38-23-15-17-24(18-16-23)39(35,31(33)29-25-11-7-5-9-21(25)13-19-27(29)36-2)32(34)30-26-12-8-6-10-22(26)14-20-28(30)37-3/h5-20H,4H2,1-3H3. The van der Waals surface area contributed by atoms with Crippen LogP contribution in [0.5, 0.6) is 17.2 Å². The van der Waals surface area contributed by atoms with Gasteiger partial charge in [0.05, 0.1) is 32.0 Å². The van der Waals surface area contributed by atoms with Crippen LogP contribution in [0.15, 0.2) is 97.1 Å². The minimum absolute atomic E-state index is 0.0976. The zero-order valence-electron chi connectivity index (χ0n) is 21.8. The van der Waals surface area contributed by atoms with Crippen LogP contribution in [-0.2, 0) is 4.57 Å². The van der Waals surface area contributed by atoms with Gasteiger partial charge in [0.2, 0.25) is 18.2 Å². The highest BCUT2D eigenvalue weighted by atomic mass is 31.2. The maximum atomic E-state index is 15.3. The second-order valence-electron chi connectivity index (χ2n) is 8.87. The van der Waals surface area contributed by atoms with E-state index in [1.807, 2.05) is 43.3 Å². The predicted molar refractivity (Wildman–Crippen MR) is 155 cm³/mol. The first-order valence-corrected chi connectivity index (χ1v) is 14.2. The average Bonchev–Trinajstić information content (AvgIpc) is 2.99. The summed E-state index contributed by atoms with van der Waals surface area (Å²) in [6.07, 6.45) is 0. The van der Waals surface area contributed by atoms with E-state index in [1.54, 1.807) is 48.5 Å². The molecule has 0 atom stereocenters. The topological polar surface area (TPSA) is 78.9 Å². The van der Waals surface area contributed by atoms with Crippen LogP contribution in [0.1, 0.15) is 27.6 Å². The van der Waals surface area contributed by atoms with Gasteiger partial charge in [-0.05, 0) is 64.9 Å². The van der Waals surface area contributed by atoms with Gasteiger partial charge in [0.25, 0.3) is 0 Å². The number of hydrogen-bond acceptors (Lipinski definition) is 6. The van der Waals surface area contributed by atoms with Crippen LogP contribution >= 0.6 is 7.14 Å². The quantitative estimate of drug-likeness (QED) is 0.187. The van der Waals surface area contributed by atoms with E-state index in [1.165, 1.54) is 26.4 Å². The van der Waals surface area contributed by atoms with Crippen molar-refractivity contribution >= 4 is 45.0 Å². The van der Waals surface area contributed by atoms with Crippen LogP contribution in [0.25, 0.3) is 21.5 Å². The van der Waals surface area contributed by atoms with Gasteiger partial charge >= 0.3 is 0 Å². The second-order valence-corrected chi connectivity index (χ2v) is 11.4. The lowest BCUT2D eigenvalue weighted by Crippen LogP contribution is -2.22. The summed E-state index contributed by atoms with van der Waals surface area (Å²) in [5.41, 5.74) is -1.42. The first-order chi connectivity index (χ1) is 18.9. The van der Waals surface area contributed by atoms with Crippen LogP contribution in [0.2, 0.25) is 0 Å². The maximum Gasteiger partial charge on any atom is 0.249 e. The van der Waals surface area contributed by atoms with Crippen LogP contribution in [0.3, 0.4) is 0 Å². The molecule has 0 radical (unpaired) electrons. The Kier molecular flexibility index (Phi) is 7.23. The lowest BCUT2D eigenvalue weighted by atomic mass is 10.0. The number of hydrogen-bond donors (Lipinski definition) is 0. The number of benzene rings is 5. The molecule has 0 spiro atoms. The number of carbonyl (C=O) groups excluding carboxylic acids is 2. The summed E-state index contributed by atoms with van der Waals surface area (Å²) in [5, 5.41) is 2.72. The fourth-order valence-electron chi connectivity index (χ4n) is 4.85. The molecule has 7 heteroatoms. The van der Waals surface area contributed by atoms with Crippen LogP contribution in [-0.4, -0.2) is 31.9 Å². The summed E-state index contributed by atoms with van der Waals surface area (Å²) in [6, 6.07) is 27.7. The molecular formula is C32H27O6P. The second kappa shape index (κ2) is 10.8. The van der Waals surface area contributed by atoms with E-state index in [4.69, 9.17) is 14.2 Å². The number of fused-ring (bicyclic) bond motifs is 2. The van der Waals surface area contributed by atoms with Gasteiger partial charge in [0, 0.05) is 5.30 Å². The fraction of sp³-hybridized carbons (Fsp3) is 0.125. The SMILES string of the molecule is CCOc1ccc(P(=O)(C(=O)c2c(OC)ccc3ccccc23)C(=O)c2c(OC)ccc3ccccc23)cc1. The van der Waals surface area contributed by atoms with Gasteiger partial charge in [-0.25, -0.2) is 0 Å². The van der Waals surface area contributed by atoms with E-state index < -0.39 is 18.2 Å². The van der Waals surface area contributed by atoms with E-state index in [2.05, 4.69) is 0 Å². The monoisotopic (exact) mass is 538 g/mol. The largest absolute Gasteiger partial charge is 0.496 e. The molecule has 0 unspecified atom stereocenters. The fourth-order valence-corrected chi connectivity index (χ4v) is 7.16. The van der Waals surface area contributed by atoms with E-state index in [0.717, 1.165) is 10.8 Å². The molecule has 196 valence electrons. The number of ether oxygens (including phenoxy) is 3. The van der Waals surface area contributed by atoms with E-state index in [-0.39, 0.29) is 27.9 Å². The normalized spacial score (nSPS) is 11.4. The molecule has 6 nitrogen and oxygen atoms in total. The summed E-state index contributed by atoms with van der Waals surface area (Å²) in [5.74, 6) is 1.02. The van der Waals surface area contributed by atoms with Gasteiger partial charge in [-0.2, -0.15) is 0 Å². The maximum absolute atomic E-state index is 15.3. The zero-order chi connectivity index (χ0) is 27.6.